The number of hydrogen-bond acceptors (Lipinski definition) is 3. The summed E-state index contributed by atoms with van der Waals surface area (Å²) in [5.41, 5.74) is 11.8. The van der Waals surface area contributed by atoms with Crippen molar-refractivity contribution in [2.24, 2.45) is 16.9 Å². The lowest BCUT2D eigenvalue weighted by Gasteiger charge is -2.40. The highest BCUT2D eigenvalue weighted by Crippen LogP contribution is 2.43. The quantitative estimate of drug-likeness (QED) is 0.496. The minimum absolute atomic E-state index is 0.399. The van der Waals surface area contributed by atoms with Gasteiger partial charge in [-0.1, -0.05) is 6.92 Å². The molecule has 0 aromatic heterocycles. The Kier molecular flexibility index (Phi) is 2.13. The van der Waals surface area contributed by atoms with E-state index in [-0.39, 0.29) is 0 Å². The van der Waals surface area contributed by atoms with E-state index in [1.165, 1.54) is 6.42 Å². The first-order chi connectivity index (χ1) is 5.99. The van der Waals surface area contributed by atoms with Crippen molar-refractivity contribution in [3.63, 3.8) is 0 Å². The fourth-order valence-electron chi connectivity index (χ4n) is 2.26. The Morgan fingerprint density at radius 2 is 1.77 bits per heavy atom. The van der Waals surface area contributed by atoms with E-state index in [1.807, 2.05) is 0 Å². The fourth-order valence-corrected chi connectivity index (χ4v) is 2.26. The molecule has 1 atom stereocenters. The summed E-state index contributed by atoms with van der Waals surface area (Å²) in [6.45, 7) is 3.30. The average molecular weight is 184 g/mol. The SMILES string of the molecule is CC1(CC2CO2)CCC(N)(N)CC1. The highest BCUT2D eigenvalue weighted by molar-refractivity contribution is 4.92. The molecule has 4 N–H and O–H groups in total. The molecule has 3 heteroatoms. The first-order valence-electron chi connectivity index (χ1n) is 5.19. The molecule has 1 aliphatic carbocycles. The van der Waals surface area contributed by atoms with Crippen LogP contribution in [-0.2, 0) is 4.74 Å². The molecule has 3 nitrogen and oxygen atoms in total. The molecule has 1 heterocycles. The molecular formula is C10H20N2O. The van der Waals surface area contributed by atoms with Gasteiger partial charge in [0.15, 0.2) is 0 Å². The molecule has 0 amide bonds. The predicted octanol–water partition coefficient (Wildman–Crippen LogP) is 0.969. The summed E-state index contributed by atoms with van der Waals surface area (Å²) in [6, 6.07) is 0. The van der Waals surface area contributed by atoms with Gasteiger partial charge in [0.1, 0.15) is 0 Å². The van der Waals surface area contributed by atoms with Crippen molar-refractivity contribution in [2.75, 3.05) is 6.61 Å². The van der Waals surface area contributed by atoms with E-state index < -0.39 is 5.66 Å². The Morgan fingerprint density at radius 1 is 1.23 bits per heavy atom. The van der Waals surface area contributed by atoms with Crippen molar-refractivity contribution in [1.29, 1.82) is 0 Å². The van der Waals surface area contributed by atoms with Crippen LogP contribution in [0.4, 0.5) is 0 Å². The van der Waals surface area contributed by atoms with Crippen LogP contribution in [0.15, 0.2) is 0 Å². The van der Waals surface area contributed by atoms with Gasteiger partial charge >= 0.3 is 0 Å². The van der Waals surface area contributed by atoms with E-state index in [0.717, 1.165) is 32.3 Å². The van der Waals surface area contributed by atoms with E-state index in [4.69, 9.17) is 16.2 Å². The van der Waals surface area contributed by atoms with Gasteiger partial charge in [-0.15, -0.1) is 0 Å². The third-order valence-corrected chi connectivity index (χ3v) is 3.51. The first-order valence-corrected chi connectivity index (χ1v) is 5.19. The molecule has 1 saturated carbocycles. The van der Waals surface area contributed by atoms with Crippen molar-refractivity contribution in [1.82, 2.24) is 0 Å². The van der Waals surface area contributed by atoms with Crippen molar-refractivity contribution >= 4 is 0 Å². The predicted molar refractivity (Wildman–Crippen MR) is 52.0 cm³/mol. The first kappa shape index (κ1) is 9.44. The van der Waals surface area contributed by atoms with Crippen LogP contribution in [0.1, 0.15) is 39.0 Å². The largest absolute Gasteiger partial charge is 0.373 e. The average Bonchev–Trinajstić information content (AvgIpc) is 2.81. The minimum atomic E-state index is -0.399. The van der Waals surface area contributed by atoms with Crippen LogP contribution in [-0.4, -0.2) is 18.4 Å². The second kappa shape index (κ2) is 2.94. The molecule has 0 aromatic rings. The monoisotopic (exact) mass is 184 g/mol. The van der Waals surface area contributed by atoms with Gasteiger partial charge in [0.2, 0.25) is 0 Å². The zero-order valence-corrected chi connectivity index (χ0v) is 8.38. The second-order valence-corrected chi connectivity index (χ2v) is 5.20. The third-order valence-electron chi connectivity index (χ3n) is 3.51. The third kappa shape index (κ3) is 2.42. The summed E-state index contributed by atoms with van der Waals surface area (Å²) in [7, 11) is 0. The van der Waals surface area contributed by atoms with Gasteiger partial charge in [-0.25, -0.2) is 0 Å². The van der Waals surface area contributed by atoms with Gasteiger partial charge in [-0.3, -0.25) is 0 Å². The van der Waals surface area contributed by atoms with Gasteiger partial charge in [0.25, 0.3) is 0 Å². The summed E-state index contributed by atoms with van der Waals surface area (Å²) < 4.78 is 5.27. The molecule has 0 bridgehead atoms. The van der Waals surface area contributed by atoms with E-state index in [1.54, 1.807) is 0 Å². The maximum atomic E-state index is 5.89. The molecule has 2 fully saturated rings. The summed E-state index contributed by atoms with van der Waals surface area (Å²) in [5.74, 6) is 0. The van der Waals surface area contributed by atoms with Gasteiger partial charge in [0.05, 0.1) is 18.4 Å². The molecule has 76 valence electrons. The summed E-state index contributed by atoms with van der Waals surface area (Å²) in [6.07, 6.45) is 5.95. The molecule has 2 rings (SSSR count). The van der Waals surface area contributed by atoms with E-state index in [9.17, 15) is 0 Å². The molecule has 1 aliphatic heterocycles. The van der Waals surface area contributed by atoms with Crippen molar-refractivity contribution < 1.29 is 4.74 Å². The molecule has 0 radical (unpaired) electrons. The van der Waals surface area contributed by atoms with Crippen LogP contribution in [0.5, 0.6) is 0 Å². The van der Waals surface area contributed by atoms with E-state index >= 15 is 0 Å². The zero-order valence-electron chi connectivity index (χ0n) is 8.38. The Bertz CT molecular complexity index is 189. The second-order valence-electron chi connectivity index (χ2n) is 5.20. The summed E-state index contributed by atoms with van der Waals surface area (Å²) in [4.78, 5) is 0. The van der Waals surface area contributed by atoms with Gasteiger partial charge in [-0.2, -0.15) is 0 Å². The molecule has 13 heavy (non-hydrogen) atoms. The maximum Gasteiger partial charge on any atom is 0.0815 e. The fraction of sp³-hybridized carbons (Fsp3) is 1.00. The lowest BCUT2D eigenvalue weighted by Crippen LogP contribution is -2.53. The summed E-state index contributed by atoms with van der Waals surface area (Å²) in [5, 5.41) is 0. The lowest BCUT2D eigenvalue weighted by molar-refractivity contribution is 0.128. The minimum Gasteiger partial charge on any atom is -0.373 e. The number of ether oxygens (including phenoxy) is 1. The Morgan fingerprint density at radius 3 is 2.23 bits per heavy atom. The van der Waals surface area contributed by atoms with Gasteiger partial charge in [0, 0.05) is 0 Å². The topological polar surface area (TPSA) is 64.6 Å². The lowest BCUT2D eigenvalue weighted by atomic mass is 9.69. The van der Waals surface area contributed by atoms with Crippen LogP contribution in [0, 0.1) is 5.41 Å². The number of rotatable bonds is 2. The van der Waals surface area contributed by atoms with Crippen molar-refractivity contribution in [3.8, 4) is 0 Å². The molecule has 2 aliphatic rings. The van der Waals surface area contributed by atoms with Crippen LogP contribution < -0.4 is 11.5 Å². The van der Waals surface area contributed by atoms with Crippen LogP contribution in [0.3, 0.4) is 0 Å². The molecular weight excluding hydrogens is 164 g/mol. The van der Waals surface area contributed by atoms with Gasteiger partial charge < -0.3 is 16.2 Å². The van der Waals surface area contributed by atoms with Crippen LogP contribution in [0.25, 0.3) is 0 Å². The number of nitrogens with two attached hydrogens (primary N) is 2. The van der Waals surface area contributed by atoms with Crippen molar-refractivity contribution in [3.05, 3.63) is 0 Å². The maximum absolute atomic E-state index is 5.89. The smallest absolute Gasteiger partial charge is 0.0815 e. The number of hydrogen-bond donors (Lipinski definition) is 2. The van der Waals surface area contributed by atoms with Gasteiger partial charge in [-0.05, 0) is 37.5 Å². The zero-order chi connectivity index (χ0) is 9.53. The van der Waals surface area contributed by atoms with E-state index in [0.29, 0.717) is 11.5 Å². The Balaban J connectivity index is 1.87. The highest BCUT2D eigenvalue weighted by Gasteiger charge is 2.39. The summed E-state index contributed by atoms with van der Waals surface area (Å²) >= 11 is 0. The Hall–Kier alpha value is -0.120. The van der Waals surface area contributed by atoms with Crippen LogP contribution in [0.2, 0.25) is 0 Å². The highest BCUT2D eigenvalue weighted by atomic mass is 16.6. The normalized spacial score (nSPS) is 35.8. The molecule has 1 unspecified atom stereocenters. The molecule has 0 aromatic carbocycles. The van der Waals surface area contributed by atoms with E-state index in [2.05, 4.69) is 6.92 Å². The van der Waals surface area contributed by atoms with Crippen LogP contribution >= 0.6 is 0 Å². The standard InChI is InChI=1S/C10H20N2O/c1-9(6-8-7-13-8)2-4-10(11,12)5-3-9/h8H,2-7,11-12H2,1H3. The molecule has 1 saturated heterocycles. The number of epoxide rings is 1. The molecule has 0 spiro atoms. The van der Waals surface area contributed by atoms with Crippen molar-refractivity contribution in [2.45, 2.75) is 50.8 Å². The Labute approximate surface area is 79.8 Å².